The minimum atomic E-state index is -3.67. The van der Waals surface area contributed by atoms with Crippen LogP contribution in [0, 0.1) is 6.92 Å². The van der Waals surface area contributed by atoms with Crippen molar-refractivity contribution in [3.63, 3.8) is 0 Å². The van der Waals surface area contributed by atoms with E-state index in [0.717, 1.165) is 5.56 Å². The van der Waals surface area contributed by atoms with Gasteiger partial charge in [0.2, 0.25) is 0 Å². The number of nitrogen functional groups attached to an aromatic ring is 1. The third-order valence-corrected chi connectivity index (χ3v) is 4.05. The molecular weight excluding hydrogens is 264 g/mol. The normalized spacial score (nSPS) is 11.5. The van der Waals surface area contributed by atoms with Crippen molar-refractivity contribution in [2.45, 2.75) is 25.4 Å². The van der Waals surface area contributed by atoms with E-state index in [4.69, 9.17) is 5.73 Å². The van der Waals surface area contributed by atoms with Gasteiger partial charge < -0.3 is 10.3 Å². The maximum absolute atomic E-state index is 12.1. The first-order valence-electron chi connectivity index (χ1n) is 5.83. The molecule has 0 aliphatic rings. The average Bonchev–Trinajstić information content (AvgIpc) is 2.83. The van der Waals surface area contributed by atoms with E-state index < -0.39 is 10.0 Å². The Bertz CT molecular complexity index is 692. The molecule has 1 heterocycles. The van der Waals surface area contributed by atoms with E-state index in [2.05, 4.69) is 9.71 Å². The van der Waals surface area contributed by atoms with Crippen LogP contribution in [0.4, 0.5) is 11.4 Å². The van der Waals surface area contributed by atoms with Crippen LogP contribution in [0.15, 0.2) is 35.7 Å². The lowest BCUT2D eigenvalue weighted by atomic mass is 10.2. The lowest BCUT2D eigenvalue weighted by molar-refractivity contribution is 0.598. The monoisotopic (exact) mass is 280 g/mol. The van der Waals surface area contributed by atoms with Crippen LogP contribution in [0.1, 0.15) is 12.5 Å². The van der Waals surface area contributed by atoms with Crippen molar-refractivity contribution < 1.29 is 8.42 Å². The highest BCUT2D eigenvalue weighted by Gasteiger charge is 2.17. The number of rotatable bonds is 4. The molecule has 2 aromatic rings. The van der Waals surface area contributed by atoms with E-state index in [9.17, 15) is 8.42 Å². The number of benzene rings is 1. The number of anilines is 2. The van der Waals surface area contributed by atoms with E-state index in [-0.39, 0.29) is 5.03 Å². The van der Waals surface area contributed by atoms with Crippen LogP contribution < -0.4 is 10.5 Å². The van der Waals surface area contributed by atoms with Gasteiger partial charge >= 0.3 is 0 Å². The zero-order chi connectivity index (χ0) is 14.0. The molecule has 1 aromatic heterocycles. The van der Waals surface area contributed by atoms with Gasteiger partial charge in [0.05, 0.1) is 12.0 Å². The fourth-order valence-electron chi connectivity index (χ4n) is 1.56. The summed E-state index contributed by atoms with van der Waals surface area (Å²) in [5.74, 6) is 0. The second-order valence-corrected chi connectivity index (χ2v) is 5.85. The summed E-state index contributed by atoms with van der Waals surface area (Å²) in [6, 6.07) is 5.02. The van der Waals surface area contributed by atoms with E-state index in [1.807, 2.05) is 13.8 Å². The lowest BCUT2D eigenvalue weighted by Crippen LogP contribution is -2.13. The molecule has 0 aliphatic carbocycles. The number of nitrogens with one attached hydrogen (secondary N) is 1. The van der Waals surface area contributed by atoms with Gasteiger partial charge in [0.25, 0.3) is 10.0 Å². The van der Waals surface area contributed by atoms with Crippen molar-refractivity contribution in [1.82, 2.24) is 9.55 Å². The lowest BCUT2D eigenvalue weighted by Gasteiger charge is -2.07. The Morgan fingerprint density at radius 3 is 2.74 bits per heavy atom. The Balaban J connectivity index is 2.28. The summed E-state index contributed by atoms with van der Waals surface area (Å²) in [6.07, 6.45) is 2.97. The van der Waals surface area contributed by atoms with E-state index in [0.29, 0.717) is 17.9 Å². The van der Waals surface area contributed by atoms with E-state index in [1.165, 1.54) is 12.5 Å². The molecule has 0 amide bonds. The summed E-state index contributed by atoms with van der Waals surface area (Å²) in [6.45, 7) is 4.43. The van der Waals surface area contributed by atoms with Gasteiger partial charge in [0.1, 0.15) is 0 Å². The number of nitrogens with two attached hydrogens (primary N) is 1. The quantitative estimate of drug-likeness (QED) is 0.832. The first kappa shape index (κ1) is 13.4. The van der Waals surface area contributed by atoms with Crippen molar-refractivity contribution in [1.29, 1.82) is 0 Å². The van der Waals surface area contributed by atoms with Crippen molar-refractivity contribution in [2.75, 3.05) is 10.5 Å². The number of aromatic nitrogens is 2. The largest absolute Gasteiger partial charge is 0.398 e. The van der Waals surface area contributed by atoms with Crippen LogP contribution in [0.25, 0.3) is 0 Å². The number of aryl methyl sites for hydroxylation is 2. The van der Waals surface area contributed by atoms with Crippen molar-refractivity contribution in [2.24, 2.45) is 0 Å². The van der Waals surface area contributed by atoms with Gasteiger partial charge in [-0.2, -0.15) is 8.42 Å². The highest BCUT2D eigenvalue weighted by atomic mass is 32.2. The maximum atomic E-state index is 12.1. The molecule has 6 nitrogen and oxygen atoms in total. The smallest absolute Gasteiger partial charge is 0.280 e. The van der Waals surface area contributed by atoms with Gasteiger partial charge in [-0.05, 0) is 31.5 Å². The highest BCUT2D eigenvalue weighted by molar-refractivity contribution is 7.92. The summed E-state index contributed by atoms with van der Waals surface area (Å²) in [7, 11) is -3.67. The molecule has 0 aliphatic heterocycles. The van der Waals surface area contributed by atoms with Crippen molar-refractivity contribution in [3.8, 4) is 0 Å². The third-order valence-electron chi connectivity index (χ3n) is 2.78. The molecule has 1 aromatic carbocycles. The van der Waals surface area contributed by atoms with E-state index >= 15 is 0 Å². The summed E-state index contributed by atoms with van der Waals surface area (Å²) >= 11 is 0. The Hall–Kier alpha value is -2.02. The first-order valence-corrected chi connectivity index (χ1v) is 7.31. The third kappa shape index (κ3) is 2.87. The van der Waals surface area contributed by atoms with Crippen LogP contribution in [-0.2, 0) is 16.6 Å². The first-order chi connectivity index (χ1) is 8.92. The zero-order valence-electron chi connectivity index (χ0n) is 10.8. The minimum absolute atomic E-state index is 0.00602. The fraction of sp³-hybridized carbons (Fsp3) is 0.250. The van der Waals surface area contributed by atoms with Gasteiger partial charge in [0.15, 0.2) is 5.03 Å². The van der Waals surface area contributed by atoms with Crippen molar-refractivity contribution in [3.05, 3.63) is 36.3 Å². The molecular formula is C12H16N4O2S. The van der Waals surface area contributed by atoms with Gasteiger partial charge in [0, 0.05) is 18.4 Å². The topological polar surface area (TPSA) is 90.0 Å². The highest BCUT2D eigenvalue weighted by Crippen LogP contribution is 2.19. The van der Waals surface area contributed by atoms with E-state index in [1.54, 1.807) is 22.8 Å². The van der Waals surface area contributed by atoms with Gasteiger partial charge in [-0.15, -0.1) is 0 Å². The predicted molar refractivity (Wildman–Crippen MR) is 74.3 cm³/mol. The van der Waals surface area contributed by atoms with Crippen LogP contribution >= 0.6 is 0 Å². The standard InChI is InChI=1S/C12H16N4O2S/c1-3-16-7-12(14-8-16)19(17,18)15-10-5-4-9(2)11(13)6-10/h4-8,15H,3,13H2,1-2H3. The molecule has 0 radical (unpaired) electrons. The molecule has 0 bridgehead atoms. The number of hydrogen-bond acceptors (Lipinski definition) is 4. The number of imidazole rings is 1. The summed E-state index contributed by atoms with van der Waals surface area (Å²) in [4.78, 5) is 3.88. The van der Waals surface area contributed by atoms with Crippen LogP contribution in [0.2, 0.25) is 0 Å². The van der Waals surface area contributed by atoms with Gasteiger partial charge in [-0.1, -0.05) is 6.07 Å². The zero-order valence-corrected chi connectivity index (χ0v) is 11.6. The number of hydrogen-bond donors (Lipinski definition) is 2. The summed E-state index contributed by atoms with van der Waals surface area (Å²) in [5.41, 5.74) is 7.62. The molecule has 7 heteroatoms. The Kier molecular flexibility index (Phi) is 3.48. The molecule has 0 saturated carbocycles. The fourth-order valence-corrected chi connectivity index (χ4v) is 2.56. The Morgan fingerprint density at radius 1 is 1.42 bits per heavy atom. The second kappa shape index (κ2) is 4.93. The predicted octanol–water partition coefficient (Wildman–Crippen LogP) is 1.59. The Labute approximate surface area is 112 Å². The summed E-state index contributed by atoms with van der Waals surface area (Å²) < 4.78 is 28.3. The SMILES string of the molecule is CCn1cnc(S(=O)(=O)Nc2ccc(C)c(N)c2)c1. The molecule has 0 spiro atoms. The molecule has 0 atom stereocenters. The van der Waals surface area contributed by atoms with Crippen LogP contribution in [0.5, 0.6) is 0 Å². The van der Waals surface area contributed by atoms with Gasteiger partial charge in [-0.25, -0.2) is 4.98 Å². The molecule has 2 rings (SSSR count). The average molecular weight is 280 g/mol. The number of nitrogens with zero attached hydrogens (tertiary/aromatic N) is 2. The molecule has 0 unspecified atom stereocenters. The number of sulfonamides is 1. The van der Waals surface area contributed by atoms with Crippen LogP contribution in [0.3, 0.4) is 0 Å². The second-order valence-electron chi connectivity index (χ2n) is 4.22. The molecule has 0 saturated heterocycles. The molecule has 102 valence electrons. The maximum Gasteiger partial charge on any atom is 0.280 e. The molecule has 0 fully saturated rings. The summed E-state index contributed by atoms with van der Waals surface area (Å²) in [5, 5.41) is -0.00602. The molecule has 19 heavy (non-hydrogen) atoms. The van der Waals surface area contributed by atoms with Crippen molar-refractivity contribution >= 4 is 21.4 Å². The van der Waals surface area contributed by atoms with Gasteiger partial charge in [-0.3, -0.25) is 4.72 Å². The van der Waals surface area contributed by atoms with Crippen LogP contribution in [-0.4, -0.2) is 18.0 Å². The Morgan fingerprint density at radius 2 is 2.16 bits per heavy atom. The molecule has 3 N–H and O–H groups in total. The minimum Gasteiger partial charge on any atom is -0.398 e.